The Morgan fingerprint density at radius 3 is 2.58 bits per heavy atom. The normalized spacial score (nSPS) is 15.1. The molecule has 1 N–H and O–H groups in total. The van der Waals surface area contributed by atoms with Crippen molar-refractivity contribution >= 4 is 17.6 Å². The Labute approximate surface area is 152 Å². The van der Waals surface area contributed by atoms with E-state index in [1.54, 1.807) is 13.0 Å². The average molecular weight is 356 g/mol. The van der Waals surface area contributed by atoms with E-state index in [0.717, 1.165) is 24.2 Å². The summed E-state index contributed by atoms with van der Waals surface area (Å²) in [6.45, 7) is 7.32. The Morgan fingerprint density at radius 2 is 1.92 bits per heavy atom. The quantitative estimate of drug-likeness (QED) is 0.887. The van der Waals surface area contributed by atoms with Gasteiger partial charge in [0.15, 0.2) is 5.82 Å². The summed E-state index contributed by atoms with van der Waals surface area (Å²) in [5.41, 5.74) is 1.82. The van der Waals surface area contributed by atoms with Crippen LogP contribution in [0.4, 0.5) is 5.82 Å². The molecule has 0 saturated carbocycles. The minimum absolute atomic E-state index is 0.0764. The first-order chi connectivity index (χ1) is 12.5. The zero-order valence-corrected chi connectivity index (χ0v) is 15.2. The van der Waals surface area contributed by atoms with Crippen LogP contribution in [0.3, 0.4) is 0 Å². The van der Waals surface area contributed by atoms with Gasteiger partial charge in [-0.15, -0.1) is 0 Å². The summed E-state index contributed by atoms with van der Waals surface area (Å²) in [4.78, 5) is 28.6. The molecule has 0 bridgehead atoms. The van der Waals surface area contributed by atoms with Gasteiger partial charge >= 0.3 is 0 Å². The van der Waals surface area contributed by atoms with Crippen LogP contribution in [0.1, 0.15) is 28.1 Å². The van der Waals surface area contributed by atoms with Gasteiger partial charge in [-0.2, -0.15) is 0 Å². The number of carbonyl (C=O) groups is 2. The highest BCUT2D eigenvalue weighted by Gasteiger charge is 2.22. The fraction of sp³-hybridized carbons (Fsp3) is 0.421. The minimum Gasteiger partial charge on any atom is -0.360 e. The molecule has 7 nitrogen and oxygen atoms in total. The number of benzene rings is 1. The predicted octanol–water partition coefficient (Wildman–Crippen LogP) is 2.08. The maximum Gasteiger partial charge on any atom is 0.253 e. The van der Waals surface area contributed by atoms with Crippen molar-refractivity contribution in [2.45, 2.75) is 20.3 Å². The number of aryl methyl sites for hydroxylation is 2. The molecule has 0 unspecified atom stereocenters. The van der Waals surface area contributed by atoms with Crippen LogP contribution in [0.2, 0.25) is 0 Å². The summed E-state index contributed by atoms with van der Waals surface area (Å²) in [6.07, 6.45) is 0.387. The van der Waals surface area contributed by atoms with Gasteiger partial charge in [0.2, 0.25) is 5.91 Å². The number of nitrogens with zero attached hydrogens (tertiary/aromatic N) is 3. The van der Waals surface area contributed by atoms with E-state index < -0.39 is 0 Å². The van der Waals surface area contributed by atoms with E-state index in [1.165, 1.54) is 0 Å². The molecule has 0 spiro atoms. The second kappa shape index (κ2) is 8.14. The molecule has 26 heavy (non-hydrogen) atoms. The number of aromatic nitrogens is 1. The van der Waals surface area contributed by atoms with Gasteiger partial charge in [0.25, 0.3) is 5.91 Å². The summed E-state index contributed by atoms with van der Waals surface area (Å²) in [7, 11) is 0. The van der Waals surface area contributed by atoms with Crippen LogP contribution < -0.4 is 5.32 Å². The molecular weight excluding hydrogens is 332 g/mol. The van der Waals surface area contributed by atoms with Crippen molar-refractivity contribution in [1.29, 1.82) is 0 Å². The third kappa shape index (κ3) is 4.70. The molecule has 1 aliphatic rings. The van der Waals surface area contributed by atoms with Crippen molar-refractivity contribution in [1.82, 2.24) is 15.0 Å². The number of nitrogens with one attached hydrogen (secondary N) is 1. The lowest BCUT2D eigenvalue weighted by molar-refractivity contribution is -0.116. The Hall–Kier alpha value is -2.67. The van der Waals surface area contributed by atoms with Crippen molar-refractivity contribution < 1.29 is 14.1 Å². The molecule has 1 aromatic carbocycles. The van der Waals surface area contributed by atoms with Crippen molar-refractivity contribution in [3.63, 3.8) is 0 Å². The number of hydrogen-bond acceptors (Lipinski definition) is 5. The summed E-state index contributed by atoms with van der Waals surface area (Å²) in [6, 6.07) is 9.36. The van der Waals surface area contributed by atoms with E-state index in [0.29, 0.717) is 37.6 Å². The SMILES string of the molecule is Cc1cccc(C(=O)N2CCN(CCC(=O)Nc3cc(C)on3)CC2)c1. The molecule has 0 radical (unpaired) electrons. The van der Waals surface area contributed by atoms with Gasteiger partial charge in [-0.25, -0.2) is 0 Å². The van der Waals surface area contributed by atoms with Crippen LogP contribution in [-0.4, -0.2) is 59.5 Å². The summed E-state index contributed by atoms with van der Waals surface area (Å²) in [5.74, 6) is 1.10. The van der Waals surface area contributed by atoms with Gasteiger partial charge in [0, 0.05) is 50.8 Å². The Kier molecular flexibility index (Phi) is 5.68. The molecule has 138 valence electrons. The number of rotatable bonds is 5. The van der Waals surface area contributed by atoms with Crippen molar-refractivity contribution in [3.8, 4) is 0 Å². The van der Waals surface area contributed by atoms with Crippen LogP contribution in [0.5, 0.6) is 0 Å². The van der Waals surface area contributed by atoms with Gasteiger partial charge in [-0.3, -0.25) is 14.5 Å². The first-order valence-electron chi connectivity index (χ1n) is 8.83. The van der Waals surface area contributed by atoms with Crippen LogP contribution in [0.15, 0.2) is 34.9 Å². The van der Waals surface area contributed by atoms with Crippen molar-refractivity contribution in [3.05, 3.63) is 47.2 Å². The molecular formula is C19H24N4O3. The van der Waals surface area contributed by atoms with E-state index in [1.807, 2.05) is 36.1 Å². The first-order valence-corrected chi connectivity index (χ1v) is 8.83. The molecule has 1 aliphatic heterocycles. The van der Waals surface area contributed by atoms with Crippen LogP contribution in [-0.2, 0) is 4.79 Å². The molecule has 2 amide bonds. The third-order valence-corrected chi connectivity index (χ3v) is 4.48. The van der Waals surface area contributed by atoms with E-state index in [4.69, 9.17) is 4.52 Å². The maximum absolute atomic E-state index is 12.6. The van der Waals surface area contributed by atoms with Gasteiger partial charge in [0.1, 0.15) is 5.76 Å². The van der Waals surface area contributed by atoms with Crippen molar-refractivity contribution in [2.24, 2.45) is 0 Å². The summed E-state index contributed by atoms with van der Waals surface area (Å²) in [5, 5.41) is 6.47. The number of anilines is 1. The van der Waals surface area contributed by atoms with Crippen LogP contribution in [0.25, 0.3) is 0 Å². The van der Waals surface area contributed by atoms with E-state index in [2.05, 4.69) is 15.4 Å². The fourth-order valence-corrected chi connectivity index (χ4v) is 3.03. The highest BCUT2D eigenvalue weighted by atomic mass is 16.5. The molecule has 0 aliphatic carbocycles. The topological polar surface area (TPSA) is 78.7 Å². The Bertz CT molecular complexity index is 779. The highest BCUT2D eigenvalue weighted by molar-refractivity contribution is 5.94. The van der Waals surface area contributed by atoms with Gasteiger partial charge in [-0.1, -0.05) is 22.9 Å². The molecule has 7 heteroatoms. The van der Waals surface area contributed by atoms with Gasteiger partial charge in [0.05, 0.1) is 0 Å². The monoisotopic (exact) mass is 356 g/mol. The molecule has 2 aromatic rings. The molecule has 1 fully saturated rings. The van der Waals surface area contributed by atoms with E-state index in [-0.39, 0.29) is 11.8 Å². The number of amides is 2. The Morgan fingerprint density at radius 1 is 1.15 bits per heavy atom. The van der Waals surface area contributed by atoms with Crippen LogP contribution in [0, 0.1) is 13.8 Å². The molecule has 2 heterocycles. The van der Waals surface area contributed by atoms with E-state index >= 15 is 0 Å². The standard InChI is InChI=1S/C19H24N4O3/c1-14-4-3-5-16(12-14)19(25)23-10-8-22(9-11-23)7-6-18(24)20-17-13-15(2)26-21-17/h3-5,12-13H,6-11H2,1-2H3,(H,20,21,24). The van der Waals surface area contributed by atoms with Gasteiger partial charge in [-0.05, 0) is 26.0 Å². The second-order valence-electron chi connectivity index (χ2n) is 6.62. The molecule has 1 saturated heterocycles. The van der Waals surface area contributed by atoms with Crippen LogP contribution >= 0.6 is 0 Å². The number of carbonyl (C=O) groups excluding carboxylic acids is 2. The third-order valence-electron chi connectivity index (χ3n) is 4.48. The van der Waals surface area contributed by atoms with E-state index in [9.17, 15) is 9.59 Å². The number of piperazine rings is 1. The highest BCUT2D eigenvalue weighted by Crippen LogP contribution is 2.11. The van der Waals surface area contributed by atoms with Crippen molar-refractivity contribution in [2.75, 3.05) is 38.0 Å². The molecule has 1 aromatic heterocycles. The zero-order valence-electron chi connectivity index (χ0n) is 15.2. The second-order valence-corrected chi connectivity index (χ2v) is 6.62. The molecule has 0 atom stereocenters. The summed E-state index contributed by atoms with van der Waals surface area (Å²) >= 11 is 0. The lowest BCUT2D eigenvalue weighted by Gasteiger charge is -2.34. The van der Waals surface area contributed by atoms with Gasteiger partial charge < -0.3 is 14.7 Å². The zero-order chi connectivity index (χ0) is 18.5. The fourth-order valence-electron chi connectivity index (χ4n) is 3.03. The number of hydrogen-bond donors (Lipinski definition) is 1. The predicted molar refractivity (Wildman–Crippen MR) is 98.0 cm³/mol. The molecule has 3 rings (SSSR count). The minimum atomic E-state index is -0.0865. The lowest BCUT2D eigenvalue weighted by Crippen LogP contribution is -2.49. The Balaban J connectivity index is 1.42. The smallest absolute Gasteiger partial charge is 0.253 e. The lowest BCUT2D eigenvalue weighted by atomic mass is 10.1. The largest absolute Gasteiger partial charge is 0.360 e. The summed E-state index contributed by atoms with van der Waals surface area (Å²) < 4.78 is 4.93. The first kappa shape index (κ1) is 18.1. The average Bonchev–Trinajstić information content (AvgIpc) is 3.04. The maximum atomic E-state index is 12.6.